The molecule has 0 aliphatic heterocycles. The molecule has 0 heterocycles. The zero-order valence-electron chi connectivity index (χ0n) is 12.1. The van der Waals surface area contributed by atoms with E-state index >= 15 is 0 Å². The second-order valence-corrected chi connectivity index (χ2v) is 5.10. The van der Waals surface area contributed by atoms with Crippen molar-refractivity contribution in [2.45, 2.75) is 33.2 Å². The maximum atomic E-state index is 10.7. The van der Waals surface area contributed by atoms with Crippen LogP contribution in [-0.2, 0) is 11.3 Å². The molecule has 4 heteroatoms. The van der Waals surface area contributed by atoms with Gasteiger partial charge in [-0.15, -0.1) is 0 Å². The van der Waals surface area contributed by atoms with Crippen molar-refractivity contribution in [1.29, 1.82) is 0 Å². The Morgan fingerprint density at radius 1 is 1.37 bits per heavy atom. The Hall–Kier alpha value is -1.55. The molecule has 1 aromatic carbocycles. The number of hydrogen-bond donors (Lipinski definition) is 2. The molecule has 0 saturated heterocycles. The molecule has 0 spiro atoms. The average Bonchev–Trinajstić information content (AvgIpc) is 2.38. The highest BCUT2D eigenvalue weighted by Crippen LogP contribution is 2.24. The number of hydrogen-bond acceptors (Lipinski definition) is 3. The van der Waals surface area contributed by atoms with Crippen molar-refractivity contribution in [3.63, 3.8) is 0 Å². The Kier molecular flexibility index (Phi) is 5.83. The number of rotatable bonds is 7. The molecule has 0 saturated carbocycles. The van der Waals surface area contributed by atoms with Gasteiger partial charge in [-0.2, -0.15) is 0 Å². The first kappa shape index (κ1) is 15.5. The third-order valence-electron chi connectivity index (χ3n) is 3.17. The summed E-state index contributed by atoms with van der Waals surface area (Å²) in [7, 11) is 1.66. The van der Waals surface area contributed by atoms with E-state index in [2.05, 4.69) is 25.2 Å². The first-order chi connectivity index (χ1) is 8.95. The van der Waals surface area contributed by atoms with Gasteiger partial charge in [0.05, 0.1) is 13.0 Å². The van der Waals surface area contributed by atoms with Crippen molar-refractivity contribution in [3.05, 3.63) is 29.3 Å². The lowest BCUT2D eigenvalue weighted by molar-refractivity contribution is -0.140. The molecular weight excluding hydrogens is 242 g/mol. The van der Waals surface area contributed by atoms with E-state index in [9.17, 15) is 4.79 Å². The SMILES string of the molecule is COc1cc(C(C)C)ccc1CNCC(C)C(=O)O. The van der Waals surface area contributed by atoms with E-state index in [4.69, 9.17) is 9.84 Å². The van der Waals surface area contributed by atoms with Crippen LogP contribution in [0.4, 0.5) is 0 Å². The van der Waals surface area contributed by atoms with E-state index in [0.717, 1.165) is 11.3 Å². The fourth-order valence-electron chi connectivity index (χ4n) is 1.78. The van der Waals surface area contributed by atoms with Gasteiger partial charge in [0.1, 0.15) is 5.75 Å². The number of carboxylic acid groups (broad SMARTS) is 1. The molecule has 0 bridgehead atoms. The highest BCUT2D eigenvalue weighted by Gasteiger charge is 2.11. The summed E-state index contributed by atoms with van der Waals surface area (Å²) in [6, 6.07) is 6.17. The minimum absolute atomic E-state index is 0.388. The van der Waals surface area contributed by atoms with Crippen LogP contribution in [0.1, 0.15) is 37.8 Å². The number of carboxylic acids is 1. The van der Waals surface area contributed by atoms with Crippen LogP contribution in [0.2, 0.25) is 0 Å². The van der Waals surface area contributed by atoms with E-state index in [1.54, 1.807) is 14.0 Å². The Balaban J connectivity index is 2.65. The monoisotopic (exact) mass is 265 g/mol. The van der Waals surface area contributed by atoms with Crippen molar-refractivity contribution in [3.8, 4) is 5.75 Å². The van der Waals surface area contributed by atoms with Crippen LogP contribution in [0.15, 0.2) is 18.2 Å². The number of carbonyl (C=O) groups is 1. The molecule has 19 heavy (non-hydrogen) atoms. The maximum absolute atomic E-state index is 10.7. The van der Waals surface area contributed by atoms with Crippen molar-refractivity contribution < 1.29 is 14.6 Å². The predicted octanol–water partition coefficient (Wildman–Crippen LogP) is 2.63. The first-order valence-corrected chi connectivity index (χ1v) is 6.56. The molecule has 4 nitrogen and oxygen atoms in total. The van der Waals surface area contributed by atoms with Crippen LogP contribution in [0, 0.1) is 5.92 Å². The summed E-state index contributed by atoms with van der Waals surface area (Å²) in [6.07, 6.45) is 0. The van der Waals surface area contributed by atoms with Crippen LogP contribution in [0.25, 0.3) is 0 Å². The second kappa shape index (κ2) is 7.14. The summed E-state index contributed by atoms with van der Waals surface area (Å²) in [5.41, 5.74) is 2.28. The second-order valence-electron chi connectivity index (χ2n) is 5.10. The lowest BCUT2D eigenvalue weighted by atomic mass is 10.0. The molecule has 2 N–H and O–H groups in total. The Labute approximate surface area is 114 Å². The van der Waals surface area contributed by atoms with Crippen molar-refractivity contribution in [2.24, 2.45) is 5.92 Å². The highest BCUT2D eigenvalue weighted by atomic mass is 16.5. The zero-order chi connectivity index (χ0) is 14.4. The Bertz CT molecular complexity index is 429. The topological polar surface area (TPSA) is 58.6 Å². The Morgan fingerprint density at radius 2 is 2.05 bits per heavy atom. The van der Waals surface area contributed by atoms with Crippen molar-refractivity contribution in [1.82, 2.24) is 5.32 Å². The number of benzene rings is 1. The molecule has 1 rings (SSSR count). The maximum Gasteiger partial charge on any atom is 0.307 e. The van der Waals surface area contributed by atoms with Gasteiger partial charge in [0, 0.05) is 18.7 Å². The summed E-state index contributed by atoms with van der Waals surface area (Å²) in [5, 5.41) is 12.0. The lowest BCUT2D eigenvalue weighted by Crippen LogP contribution is -2.26. The average molecular weight is 265 g/mol. The third kappa shape index (κ3) is 4.56. The van der Waals surface area contributed by atoms with Gasteiger partial charge in [-0.1, -0.05) is 32.9 Å². The smallest absolute Gasteiger partial charge is 0.307 e. The van der Waals surface area contributed by atoms with Gasteiger partial charge in [-0.05, 0) is 17.5 Å². The summed E-state index contributed by atoms with van der Waals surface area (Å²) < 4.78 is 5.38. The number of ether oxygens (including phenoxy) is 1. The van der Waals surface area contributed by atoms with Crippen LogP contribution < -0.4 is 10.1 Å². The molecule has 1 unspecified atom stereocenters. The number of nitrogens with one attached hydrogen (secondary N) is 1. The minimum Gasteiger partial charge on any atom is -0.496 e. The lowest BCUT2D eigenvalue weighted by Gasteiger charge is -2.14. The fraction of sp³-hybridized carbons (Fsp3) is 0.533. The van der Waals surface area contributed by atoms with E-state index in [1.807, 2.05) is 12.1 Å². The van der Waals surface area contributed by atoms with Gasteiger partial charge < -0.3 is 15.2 Å². The standard InChI is InChI=1S/C15H23NO3/c1-10(2)12-5-6-13(14(7-12)19-4)9-16-8-11(3)15(17)18/h5-7,10-11,16H,8-9H2,1-4H3,(H,17,18). The first-order valence-electron chi connectivity index (χ1n) is 6.56. The largest absolute Gasteiger partial charge is 0.496 e. The summed E-state index contributed by atoms with van der Waals surface area (Å²) in [6.45, 7) is 7.03. The molecule has 0 aliphatic rings. The summed E-state index contributed by atoms with van der Waals surface area (Å²) in [5.74, 6) is 0.139. The molecule has 106 valence electrons. The van der Waals surface area contributed by atoms with Gasteiger partial charge in [0.15, 0.2) is 0 Å². The molecule has 0 fully saturated rings. The van der Waals surface area contributed by atoms with Gasteiger partial charge >= 0.3 is 5.97 Å². The fourth-order valence-corrected chi connectivity index (χ4v) is 1.78. The third-order valence-corrected chi connectivity index (χ3v) is 3.17. The van der Waals surface area contributed by atoms with E-state index in [-0.39, 0.29) is 5.92 Å². The van der Waals surface area contributed by atoms with Crippen LogP contribution in [0.5, 0.6) is 5.75 Å². The zero-order valence-corrected chi connectivity index (χ0v) is 12.1. The molecule has 0 amide bonds. The predicted molar refractivity (Wildman–Crippen MR) is 75.6 cm³/mol. The quantitative estimate of drug-likeness (QED) is 0.795. The van der Waals surface area contributed by atoms with Crippen molar-refractivity contribution >= 4 is 5.97 Å². The molecule has 0 radical (unpaired) electrons. The van der Waals surface area contributed by atoms with E-state index in [0.29, 0.717) is 19.0 Å². The molecule has 1 aromatic rings. The number of methoxy groups -OCH3 is 1. The van der Waals surface area contributed by atoms with Crippen LogP contribution in [-0.4, -0.2) is 24.7 Å². The van der Waals surface area contributed by atoms with Gasteiger partial charge in [-0.3, -0.25) is 4.79 Å². The number of aliphatic carboxylic acids is 1. The minimum atomic E-state index is -0.783. The Morgan fingerprint density at radius 3 is 2.58 bits per heavy atom. The molecule has 0 aromatic heterocycles. The van der Waals surface area contributed by atoms with Gasteiger partial charge in [0.25, 0.3) is 0 Å². The van der Waals surface area contributed by atoms with Gasteiger partial charge in [-0.25, -0.2) is 0 Å². The van der Waals surface area contributed by atoms with Crippen molar-refractivity contribution in [2.75, 3.05) is 13.7 Å². The van der Waals surface area contributed by atoms with Crippen LogP contribution in [0.3, 0.4) is 0 Å². The van der Waals surface area contributed by atoms with E-state index in [1.165, 1.54) is 5.56 Å². The normalized spacial score (nSPS) is 12.5. The summed E-state index contributed by atoms with van der Waals surface area (Å²) in [4.78, 5) is 10.7. The van der Waals surface area contributed by atoms with Crippen LogP contribution >= 0.6 is 0 Å². The molecule has 0 aliphatic carbocycles. The van der Waals surface area contributed by atoms with Gasteiger partial charge in [0.2, 0.25) is 0 Å². The molecule has 1 atom stereocenters. The highest BCUT2D eigenvalue weighted by molar-refractivity contribution is 5.69. The van der Waals surface area contributed by atoms with E-state index < -0.39 is 5.97 Å². The summed E-state index contributed by atoms with van der Waals surface area (Å²) >= 11 is 0. The molecular formula is C15H23NO3.